The van der Waals surface area contributed by atoms with Crippen LogP contribution in [0.2, 0.25) is 0 Å². The van der Waals surface area contributed by atoms with Crippen molar-refractivity contribution in [1.29, 1.82) is 0 Å². The zero-order chi connectivity index (χ0) is 21.2. The number of nitrogens with one attached hydrogen (secondary N) is 2. The first-order chi connectivity index (χ1) is 14.3. The van der Waals surface area contributed by atoms with Crippen LogP contribution in [0.5, 0.6) is 0 Å². The summed E-state index contributed by atoms with van der Waals surface area (Å²) in [5.41, 5.74) is 5.58. The lowest BCUT2D eigenvalue weighted by Crippen LogP contribution is -2.53. The number of nitrogens with zero attached hydrogens (tertiary/aromatic N) is 1. The molecule has 30 heavy (non-hydrogen) atoms. The van der Waals surface area contributed by atoms with Gasteiger partial charge < -0.3 is 11.1 Å². The molecule has 1 spiro atoms. The number of hydrogen-bond donors (Lipinski definition) is 3. The molecule has 4 amide bonds. The van der Waals surface area contributed by atoms with Gasteiger partial charge in [0, 0.05) is 28.2 Å². The highest BCUT2D eigenvalue weighted by molar-refractivity contribution is 9.10. The second kappa shape index (κ2) is 6.48. The lowest BCUT2D eigenvalue weighted by molar-refractivity contribution is -0.130. The third-order valence-corrected chi connectivity index (χ3v) is 6.66. The number of hydrogen-bond acceptors (Lipinski definition) is 5. The van der Waals surface area contributed by atoms with Crippen molar-refractivity contribution in [1.82, 2.24) is 5.32 Å². The Balaban J connectivity index is 1.67. The van der Waals surface area contributed by atoms with Gasteiger partial charge >= 0.3 is 0 Å². The number of para-hydroxylation sites is 1. The normalized spacial score (nSPS) is 29.3. The van der Waals surface area contributed by atoms with Gasteiger partial charge in [0.15, 0.2) is 0 Å². The van der Waals surface area contributed by atoms with Crippen molar-refractivity contribution < 1.29 is 19.2 Å². The Morgan fingerprint density at radius 2 is 1.77 bits per heavy atom. The zero-order valence-electron chi connectivity index (χ0n) is 15.6. The molecule has 3 heterocycles. The van der Waals surface area contributed by atoms with E-state index in [1.807, 2.05) is 0 Å². The van der Waals surface area contributed by atoms with E-state index in [2.05, 4.69) is 26.6 Å². The number of benzene rings is 2. The molecule has 2 aromatic carbocycles. The second-order valence-electron chi connectivity index (χ2n) is 7.72. The highest BCUT2D eigenvalue weighted by atomic mass is 79.9. The third-order valence-electron chi connectivity index (χ3n) is 6.13. The number of amides is 4. The summed E-state index contributed by atoms with van der Waals surface area (Å²) in [7, 11) is 0. The SMILES string of the molecule is NC(=O)C[C@@H]1N[C@@]2(C(=O)Nc3ccccc32)[C@H]2C(=O)N(c3ccc(Br)cc3)C(=O)[C@H]12. The van der Waals surface area contributed by atoms with Crippen LogP contribution in [-0.4, -0.2) is 29.7 Å². The van der Waals surface area contributed by atoms with Gasteiger partial charge in [-0.05, 0) is 30.3 Å². The summed E-state index contributed by atoms with van der Waals surface area (Å²) in [6, 6.07) is 13.1. The van der Waals surface area contributed by atoms with Gasteiger partial charge in [0.2, 0.25) is 23.6 Å². The Bertz CT molecular complexity index is 1120. The molecule has 0 aromatic heterocycles. The number of carbonyl (C=O) groups is 4. The van der Waals surface area contributed by atoms with Crippen molar-refractivity contribution in [2.75, 3.05) is 10.2 Å². The van der Waals surface area contributed by atoms with Crippen LogP contribution in [0.3, 0.4) is 0 Å². The number of nitrogens with two attached hydrogens (primary N) is 1. The van der Waals surface area contributed by atoms with E-state index in [4.69, 9.17) is 5.73 Å². The number of carbonyl (C=O) groups excluding carboxylic acids is 4. The number of rotatable bonds is 3. The Labute approximate surface area is 179 Å². The number of primary amides is 1. The highest BCUT2D eigenvalue weighted by Gasteiger charge is 2.70. The average molecular weight is 469 g/mol. The smallest absolute Gasteiger partial charge is 0.250 e. The predicted octanol–water partition coefficient (Wildman–Crippen LogP) is 1.25. The molecule has 8 nitrogen and oxygen atoms in total. The molecular formula is C21H17BrN4O4. The van der Waals surface area contributed by atoms with E-state index in [0.717, 1.165) is 9.37 Å². The summed E-state index contributed by atoms with van der Waals surface area (Å²) in [5.74, 6) is -3.81. The summed E-state index contributed by atoms with van der Waals surface area (Å²) in [6.07, 6.45) is -0.161. The molecular weight excluding hydrogens is 452 g/mol. The first-order valence-electron chi connectivity index (χ1n) is 9.45. The van der Waals surface area contributed by atoms with Crippen LogP contribution in [0.15, 0.2) is 53.0 Å². The molecule has 0 aliphatic carbocycles. The molecule has 4 atom stereocenters. The molecule has 0 bridgehead atoms. The second-order valence-corrected chi connectivity index (χ2v) is 8.64. The van der Waals surface area contributed by atoms with Crippen LogP contribution in [0.25, 0.3) is 0 Å². The standard InChI is InChI=1S/C21H17BrN4O4/c22-10-5-7-11(8-6-10)26-18(28)16-14(9-15(23)27)25-21(17(16)19(26)29)12-3-1-2-4-13(12)24-20(21)30/h1-8,14,16-17,25H,9H2,(H2,23,27)(H,24,30)/t14-,16+,17+,21+/m0/s1. The maximum Gasteiger partial charge on any atom is 0.250 e. The number of fused-ring (bicyclic) bond motifs is 4. The summed E-state index contributed by atoms with van der Waals surface area (Å²) < 4.78 is 0.805. The van der Waals surface area contributed by atoms with Crippen LogP contribution < -0.4 is 21.3 Å². The van der Waals surface area contributed by atoms with E-state index in [1.165, 1.54) is 0 Å². The van der Waals surface area contributed by atoms with E-state index < -0.39 is 47.0 Å². The lowest BCUT2D eigenvalue weighted by atomic mass is 9.76. The number of imide groups is 1. The maximum atomic E-state index is 13.6. The Morgan fingerprint density at radius 1 is 1.07 bits per heavy atom. The number of anilines is 2. The minimum Gasteiger partial charge on any atom is -0.370 e. The summed E-state index contributed by atoms with van der Waals surface area (Å²) >= 11 is 3.34. The number of halogens is 1. The zero-order valence-corrected chi connectivity index (χ0v) is 17.2. The minimum absolute atomic E-state index is 0.161. The van der Waals surface area contributed by atoms with Crippen molar-refractivity contribution in [3.63, 3.8) is 0 Å². The van der Waals surface area contributed by atoms with Gasteiger partial charge in [0.1, 0.15) is 5.54 Å². The lowest BCUT2D eigenvalue weighted by Gasteiger charge is -2.29. The first kappa shape index (κ1) is 19.0. The monoisotopic (exact) mass is 468 g/mol. The van der Waals surface area contributed by atoms with Crippen LogP contribution in [0.1, 0.15) is 12.0 Å². The van der Waals surface area contributed by atoms with Crippen molar-refractivity contribution in [2.24, 2.45) is 17.6 Å². The molecule has 3 aliphatic heterocycles. The van der Waals surface area contributed by atoms with E-state index in [0.29, 0.717) is 16.9 Å². The fourth-order valence-electron chi connectivity index (χ4n) is 4.99. The van der Waals surface area contributed by atoms with Gasteiger partial charge in [0.05, 0.1) is 17.5 Å². The minimum atomic E-state index is -1.43. The molecule has 0 unspecified atom stereocenters. The van der Waals surface area contributed by atoms with Crippen LogP contribution in [-0.2, 0) is 24.7 Å². The first-order valence-corrected chi connectivity index (χ1v) is 10.2. The fourth-order valence-corrected chi connectivity index (χ4v) is 5.26. The summed E-state index contributed by atoms with van der Waals surface area (Å²) in [4.78, 5) is 53.0. The fraction of sp³-hybridized carbons (Fsp3) is 0.238. The molecule has 3 aliphatic rings. The third kappa shape index (κ3) is 2.42. The summed E-state index contributed by atoms with van der Waals surface area (Å²) in [5, 5.41) is 5.97. The topological polar surface area (TPSA) is 122 Å². The molecule has 2 saturated heterocycles. The molecule has 2 aromatic rings. The van der Waals surface area contributed by atoms with E-state index >= 15 is 0 Å². The van der Waals surface area contributed by atoms with Crippen molar-refractivity contribution >= 4 is 50.9 Å². The van der Waals surface area contributed by atoms with Crippen LogP contribution in [0, 0.1) is 11.8 Å². The average Bonchev–Trinajstić information content (AvgIpc) is 3.27. The van der Waals surface area contributed by atoms with Crippen LogP contribution in [0.4, 0.5) is 11.4 Å². The van der Waals surface area contributed by atoms with E-state index in [9.17, 15) is 19.2 Å². The molecule has 0 radical (unpaired) electrons. The van der Waals surface area contributed by atoms with Gasteiger partial charge in [-0.15, -0.1) is 0 Å². The maximum absolute atomic E-state index is 13.6. The summed E-state index contributed by atoms with van der Waals surface area (Å²) in [6.45, 7) is 0. The van der Waals surface area contributed by atoms with Gasteiger partial charge in [-0.3, -0.25) is 24.5 Å². The molecule has 4 N–H and O–H groups in total. The Morgan fingerprint density at radius 3 is 2.47 bits per heavy atom. The van der Waals surface area contributed by atoms with Gasteiger partial charge in [-0.25, -0.2) is 4.90 Å². The van der Waals surface area contributed by atoms with Gasteiger partial charge in [0.25, 0.3) is 0 Å². The largest absolute Gasteiger partial charge is 0.370 e. The molecule has 5 rings (SSSR count). The molecule has 2 fully saturated rings. The van der Waals surface area contributed by atoms with Crippen molar-refractivity contribution in [3.8, 4) is 0 Å². The van der Waals surface area contributed by atoms with Gasteiger partial charge in [-0.1, -0.05) is 34.1 Å². The Kier molecular flexibility index (Phi) is 4.09. The van der Waals surface area contributed by atoms with E-state index in [-0.39, 0.29) is 6.42 Å². The van der Waals surface area contributed by atoms with Gasteiger partial charge in [-0.2, -0.15) is 0 Å². The quantitative estimate of drug-likeness (QED) is 0.585. The van der Waals surface area contributed by atoms with Crippen molar-refractivity contribution in [2.45, 2.75) is 18.0 Å². The molecule has 0 saturated carbocycles. The molecule has 9 heteroatoms. The Hall–Kier alpha value is -3.04. The predicted molar refractivity (Wildman–Crippen MR) is 111 cm³/mol. The van der Waals surface area contributed by atoms with Crippen LogP contribution >= 0.6 is 15.9 Å². The van der Waals surface area contributed by atoms with Crippen molar-refractivity contribution in [3.05, 3.63) is 58.6 Å². The van der Waals surface area contributed by atoms with E-state index in [1.54, 1.807) is 48.5 Å². The molecule has 152 valence electrons. The highest BCUT2D eigenvalue weighted by Crippen LogP contribution is 2.53.